The van der Waals surface area contributed by atoms with Crippen molar-refractivity contribution in [3.63, 3.8) is 0 Å². The topological polar surface area (TPSA) is 0 Å². The highest BCUT2D eigenvalue weighted by Gasteiger charge is 2.28. The fourth-order valence-electron chi connectivity index (χ4n) is 2.91. The van der Waals surface area contributed by atoms with E-state index in [1.54, 1.807) is 11.1 Å². The third kappa shape index (κ3) is 1.50. The Balaban J connectivity index is 2.21. The fraction of sp³-hybridized carbons (Fsp3) is 0.294. The highest BCUT2D eigenvalue weighted by atomic mass is 32.1. The summed E-state index contributed by atoms with van der Waals surface area (Å²) in [4.78, 5) is 2.95. The Kier molecular flexibility index (Phi) is 2.67. The molecule has 0 radical (unpaired) electrons. The van der Waals surface area contributed by atoms with Gasteiger partial charge in [-0.2, -0.15) is 0 Å². The largest absolute Gasteiger partial charge is 0.135 e. The number of allylic oxidation sites excluding steroid dienone is 2. The van der Waals surface area contributed by atoms with E-state index in [0.717, 1.165) is 0 Å². The summed E-state index contributed by atoms with van der Waals surface area (Å²) in [6.07, 6.45) is 0. The van der Waals surface area contributed by atoms with Gasteiger partial charge in [-0.25, -0.2) is 0 Å². The molecule has 0 amide bonds. The van der Waals surface area contributed by atoms with Crippen molar-refractivity contribution in [2.75, 3.05) is 0 Å². The first-order valence-corrected chi connectivity index (χ1v) is 7.29. The number of benzene rings is 1. The summed E-state index contributed by atoms with van der Waals surface area (Å²) in [6.45, 7) is 9.15. The molecule has 0 nitrogen and oxygen atoms in total. The molecule has 0 N–H and O–H groups in total. The van der Waals surface area contributed by atoms with Gasteiger partial charge in [0.05, 0.1) is 0 Å². The van der Waals surface area contributed by atoms with Crippen molar-refractivity contribution in [3.8, 4) is 10.4 Å². The molecular weight excluding hydrogens is 236 g/mol. The number of thiophene rings is 1. The van der Waals surface area contributed by atoms with E-state index in [2.05, 4.69) is 58.0 Å². The lowest BCUT2D eigenvalue weighted by molar-refractivity contribution is 0.914. The van der Waals surface area contributed by atoms with Crippen molar-refractivity contribution in [2.24, 2.45) is 0 Å². The molecule has 3 rings (SSSR count). The molecule has 18 heavy (non-hydrogen) atoms. The van der Waals surface area contributed by atoms with Crippen LogP contribution in [0.5, 0.6) is 0 Å². The molecule has 0 fully saturated rings. The summed E-state index contributed by atoms with van der Waals surface area (Å²) in [5, 5.41) is 0. The molecule has 1 atom stereocenters. The Hall–Kier alpha value is -1.34. The molecule has 1 aliphatic carbocycles. The SMILES string of the molecule is CC1=C(C)C(C)c2c1sc(-c1ccccc1)c2C. The number of hydrogen-bond donors (Lipinski definition) is 0. The van der Waals surface area contributed by atoms with Gasteiger partial charge in [-0.05, 0) is 43.0 Å². The first-order chi connectivity index (χ1) is 8.61. The molecule has 2 aromatic rings. The zero-order valence-electron chi connectivity index (χ0n) is 11.4. The average Bonchev–Trinajstić information content (AvgIpc) is 2.84. The molecule has 1 aliphatic rings. The smallest absolute Gasteiger partial charge is 0.0381 e. The Morgan fingerprint density at radius 3 is 2.22 bits per heavy atom. The molecule has 1 heterocycles. The van der Waals surface area contributed by atoms with Crippen molar-refractivity contribution < 1.29 is 0 Å². The first-order valence-electron chi connectivity index (χ1n) is 6.47. The maximum Gasteiger partial charge on any atom is 0.0381 e. The van der Waals surface area contributed by atoms with Gasteiger partial charge in [0.1, 0.15) is 0 Å². The van der Waals surface area contributed by atoms with E-state index >= 15 is 0 Å². The van der Waals surface area contributed by atoms with Crippen LogP contribution in [0, 0.1) is 6.92 Å². The average molecular weight is 254 g/mol. The van der Waals surface area contributed by atoms with Crippen LogP contribution in [0.1, 0.15) is 42.7 Å². The van der Waals surface area contributed by atoms with Gasteiger partial charge in [0.2, 0.25) is 0 Å². The summed E-state index contributed by atoms with van der Waals surface area (Å²) in [6, 6.07) is 10.8. The van der Waals surface area contributed by atoms with Crippen LogP contribution in [0.2, 0.25) is 0 Å². The van der Waals surface area contributed by atoms with E-state index < -0.39 is 0 Å². The molecule has 0 aliphatic heterocycles. The molecule has 1 heteroatoms. The van der Waals surface area contributed by atoms with E-state index in [1.807, 2.05) is 11.3 Å². The van der Waals surface area contributed by atoms with Gasteiger partial charge in [-0.1, -0.05) is 42.8 Å². The Morgan fingerprint density at radius 1 is 0.944 bits per heavy atom. The van der Waals surface area contributed by atoms with E-state index in [0.29, 0.717) is 5.92 Å². The summed E-state index contributed by atoms with van der Waals surface area (Å²) < 4.78 is 0. The van der Waals surface area contributed by atoms with Crippen molar-refractivity contribution in [1.82, 2.24) is 0 Å². The molecule has 0 saturated carbocycles. The summed E-state index contributed by atoms with van der Waals surface area (Å²) in [7, 11) is 0. The summed E-state index contributed by atoms with van der Waals surface area (Å²) >= 11 is 1.96. The maximum atomic E-state index is 2.33. The van der Waals surface area contributed by atoms with Crippen LogP contribution in [-0.2, 0) is 0 Å². The zero-order valence-corrected chi connectivity index (χ0v) is 12.2. The normalized spacial score (nSPS) is 18.3. The predicted octanol–water partition coefficient (Wildman–Crippen LogP) is 5.63. The highest BCUT2D eigenvalue weighted by molar-refractivity contribution is 7.17. The highest BCUT2D eigenvalue weighted by Crippen LogP contribution is 2.50. The molecule has 92 valence electrons. The standard InChI is InChI=1S/C17H18S/c1-10-11(2)15-13(4)16(18-17(15)12(10)3)14-8-6-5-7-9-14/h5-9,11H,1-4H3. The van der Waals surface area contributed by atoms with Crippen molar-refractivity contribution in [3.05, 3.63) is 51.9 Å². The predicted molar refractivity (Wildman–Crippen MR) is 81.2 cm³/mol. The first kappa shape index (κ1) is 11.7. The molecule has 1 aromatic carbocycles. The lowest BCUT2D eigenvalue weighted by atomic mass is 9.96. The van der Waals surface area contributed by atoms with E-state index in [9.17, 15) is 0 Å². The minimum Gasteiger partial charge on any atom is -0.135 e. The van der Waals surface area contributed by atoms with Crippen molar-refractivity contribution in [2.45, 2.75) is 33.6 Å². The number of rotatable bonds is 1. The Labute approximate surface area is 113 Å². The second kappa shape index (κ2) is 4.10. The van der Waals surface area contributed by atoms with Gasteiger partial charge in [-0.15, -0.1) is 11.3 Å². The van der Waals surface area contributed by atoms with Gasteiger partial charge < -0.3 is 0 Å². The van der Waals surface area contributed by atoms with E-state index in [1.165, 1.54) is 26.5 Å². The van der Waals surface area contributed by atoms with Gasteiger partial charge >= 0.3 is 0 Å². The van der Waals surface area contributed by atoms with Gasteiger partial charge in [-0.3, -0.25) is 0 Å². The van der Waals surface area contributed by atoms with E-state index in [-0.39, 0.29) is 0 Å². The lowest BCUT2D eigenvalue weighted by Gasteiger charge is -2.08. The van der Waals surface area contributed by atoms with Gasteiger partial charge in [0, 0.05) is 15.7 Å². The van der Waals surface area contributed by atoms with Crippen LogP contribution in [-0.4, -0.2) is 0 Å². The molecule has 0 spiro atoms. The monoisotopic (exact) mass is 254 g/mol. The van der Waals surface area contributed by atoms with E-state index in [4.69, 9.17) is 0 Å². The lowest BCUT2D eigenvalue weighted by Crippen LogP contribution is -1.91. The van der Waals surface area contributed by atoms with Crippen molar-refractivity contribution in [1.29, 1.82) is 0 Å². The molecule has 0 bridgehead atoms. The summed E-state index contributed by atoms with van der Waals surface area (Å²) in [5.41, 5.74) is 7.43. The molecule has 0 saturated heterocycles. The van der Waals surface area contributed by atoms with Crippen LogP contribution in [0.3, 0.4) is 0 Å². The number of fused-ring (bicyclic) bond motifs is 1. The zero-order chi connectivity index (χ0) is 12.9. The van der Waals surface area contributed by atoms with Crippen LogP contribution >= 0.6 is 11.3 Å². The van der Waals surface area contributed by atoms with Crippen LogP contribution in [0.4, 0.5) is 0 Å². The quantitative estimate of drug-likeness (QED) is 0.618. The minimum absolute atomic E-state index is 0.591. The van der Waals surface area contributed by atoms with Crippen LogP contribution in [0.25, 0.3) is 16.0 Å². The van der Waals surface area contributed by atoms with Gasteiger partial charge in [0.15, 0.2) is 0 Å². The second-order valence-electron chi connectivity index (χ2n) is 5.19. The fourth-order valence-corrected chi connectivity index (χ4v) is 4.39. The third-order valence-electron chi connectivity index (χ3n) is 4.24. The van der Waals surface area contributed by atoms with Crippen LogP contribution < -0.4 is 0 Å². The maximum absolute atomic E-state index is 2.33. The van der Waals surface area contributed by atoms with Gasteiger partial charge in [0.25, 0.3) is 0 Å². The number of hydrogen-bond acceptors (Lipinski definition) is 1. The third-order valence-corrected chi connectivity index (χ3v) is 5.72. The summed E-state index contributed by atoms with van der Waals surface area (Å²) in [5.74, 6) is 0.591. The van der Waals surface area contributed by atoms with Crippen molar-refractivity contribution >= 4 is 16.9 Å². The second-order valence-corrected chi connectivity index (χ2v) is 6.22. The molecule has 1 unspecified atom stereocenters. The van der Waals surface area contributed by atoms with Crippen LogP contribution in [0.15, 0.2) is 35.9 Å². The molecular formula is C17H18S. The Morgan fingerprint density at radius 2 is 1.61 bits per heavy atom. The minimum atomic E-state index is 0.591. The Bertz CT molecular complexity index is 629. The molecule has 1 aromatic heterocycles.